The summed E-state index contributed by atoms with van der Waals surface area (Å²) < 4.78 is 11.2. The van der Waals surface area contributed by atoms with Crippen LogP contribution in [-0.4, -0.2) is 65.9 Å². The van der Waals surface area contributed by atoms with Gasteiger partial charge < -0.3 is 19.3 Å². The van der Waals surface area contributed by atoms with Crippen LogP contribution in [0.25, 0.3) is 6.08 Å². The van der Waals surface area contributed by atoms with Crippen molar-refractivity contribution in [2.24, 2.45) is 0 Å². The topological polar surface area (TPSA) is 59.1 Å². The minimum absolute atomic E-state index is 0.117. The number of nitrogens with zero attached hydrogens (tertiary/aromatic N) is 2. The van der Waals surface area contributed by atoms with Crippen LogP contribution in [0.3, 0.4) is 0 Å². The Balaban J connectivity index is 1.14. The van der Waals surface area contributed by atoms with Gasteiger partial charge in [-0.3, -0.25) is 4.79 Å². The van der Waals surface area contributed by atoms with E-state index in [1.807, 2.05) is 63.7 Å². The van der Waals surface area contributed by atoms with Gasteiger partial charge in [0.25, 0.3) is 0 Å². The van der Waals surface area contributed by atoms with E-state index >= 15 is 0 Å². The molecule has 0 spiro atoms. The first-order chi connectivity index (χ1) is 16.2. The van der Waals surface area contributed by atoms with Crippen LogP contribution in [0.2, 0.25) is 0 Å². The second-order valence-electron chi connectivity index (χ2n) is 8.23. The standard InChI is InChI=1S/C26H30N2O4S/c29-25(14-18-33-17-13-21-7-3-1-4-8-21)27-15-11-22(12-16-27)28-19-24(32-26(28)30)20-31-23-9-5-2-6-10-23/h1-10,13,17,22,24H,11-12,14-16,18-20H2. The predicted molar refractivity (Wildman–Crippen MR) is 131 cm³/mol. The fourth-order valence-corrected chi connectivity index (χ4v) is 4.80. The lowest BCUT2D eigenvalue weighted by Crippen LogP contribution is -2.47. The third kappa shape index (κ3) is 6.78. The van der Waals surface area contributed by atoms with E-state index in [9.17, 15) is 9.59 Å². The van der Waals surface area contributed by atoms with E-state index in [0.29, 0.717) is 32.7 Å². The highest BCUT2D eigenvalue weighted by Crippen LogP contribution is 2.24. The van der Waals surface area contributed by atoms with Crippen LogP contribution in [0.1, 0.15) is 24.8 Å². The Labute approximate surface area is 199 Å². The molecule has 2 amide bonds. The predicted octanol–water partition coefficient (Wildman–Crippen LogP) is 4.67. The lowest BCUT2D eigenvalue weighted by molar-refractivity contribution is -0.132. The largest absolute Gasteiger partial charge is 0.490 e. The fraction of sp³-hybridized carbons (Fsp3) is 0.385. The van der Waals surface area contributed by atoms with Gasteiger partial charge in [0, 0.05) is 31.3 Å². The van der Waals surface area contributed by atoms with Crippen LogP contribution >= 0.6 is 11.8 Å². The van der Waals surface area contributed by atoms with E-state index in [2.05, 4.69) is 18.2 Å². The number of likely N-dealkylation sites (tertiary alicyclic amines) is 1. The van der Waals surface area contributed by atoms with Crippen molar-refractivity contribution in [3.63, 3.8) is 0 Å². The maximum absolute atomic E-state index is 12.6. The van der Waals surface area contributed by atoms with Gasteiger partial charge in [-0.1, -0.05) is 48.5 Å². The molecule has 2 aromatic rings. The molecule has 2 aromatic carbocycles. The molecule has 174 valence electrons. The SMILES string of the molecule is O=C(CCSC=Cc1ccccc1)N1CCC(N2CC(COc3ccccc3)OC2=O)CC1. The Hall–Kier alpha value is -2.93. The van der Waals surface area contributed by atoms with Crippen LogP contribution in [0, 0.1) is 0 Å². The molecule has 1 unspecified atom stereocenters. The van der Waals surface area contributed by atoms with Crippen LogP contribution in [-0.2, 0) is 9.53 Å². The van der Waals surface area contributed by atoms with Gasteiger partial charge in [-0.15, -0.1) is 11.8 Å². The van der Waals surface area contributed by atoms with Gasteiger partial charge in [0.1, 0.15) is 12.4 Å². The molecular formula is C26H30N2O4S. The second kappa shape index (κ2) is 11.8. The molecule has 7 heteroatoms. The first-order valence-corrected chi connectivity index (χ1v) is 12.5. The molecule has 2 heterocycles. The molecule has 0 saturated carbocycles. The third-order valence-electron chi connectivity index (χ3n) is 5.93. The molecule has 0 N–H and O–H groups in total. The van der Waals surface area contributed by atoms with Gasteiger partial charge in [0.2, 0.25) is 5.91 Å². The number of carbonyl (C=O) groups excluding carboxylic acids is 2. The molecule has 2 saturated heterocycles. The van der Waals surface area contributed by atoms with Gasteiger partial charge in [-0.25, -0.2) is 4.79 Å². The maximum Gasteiger partial charge on any atom is 0.410 e. The van der Waals surface area contributed by atoms with Crippen LogP contribution in [0.4, 0.5) is 4.79 Å². The molecule has 1 atom stereocenters. The van der Waals surface area contributed by atoms with Crippen LogP contribution < -0.4 is 4.74 Å². The number of amides is 2. The van der Waals surface area contributed by atoms with E-state index < -0.39 is 0 Å². The lowest BCUT2D eigenvalue weighted by atomic mass is 10.0. The van der Waals surface area contributed by atoms with Crippen molar-refractivity contribution >= 4 is 29.8 Å². The highest BCUT2D eigenvalue weighted by Gasteiger charge is 2.38. The van der Waals surface area contributed by atoms with Gasteiger partial charge in [0.05, 0.1) is 6.54 Å². The zero-order valence-corrected chi connectivity index (χ0v) is 19.5. The zero-order chi connectivity index (χ0) is 22.9. The average Bonchev–Trinajstić information content (AvgIpc) is 3.24. The van der Waals surface area contributed by atoms with Crippen LogP contribution in [0.15, 0.2) is 66.1 Å². The van der Waals surface area contributed by atoms with E-state index in [1.54, 1.807) is 11.8 Å². The highest BCUT2D eigenvalue weighted by atomic mass is 32.2. The van der Waals surface area contributed by atoms with Gasteiger partial charge in [0.15, 0.2) is 6.10 Å². The van der Waals surface area contributed by atoms with Crippen molar-refractivity contribution in [3.8, 4) is 5.75 Å². The number of piperidine rings is 1. The Morgan fingerprint density at radius 3 is 2.48 bits per heavy atom. The Kier molecular flexibility index (Phi) is 8.30. The third-order valence-corrected chi connectivity index (χ3v) is 6.70. The minimum Gasteiger partial charge on any atom is -0.490 e. The average molecular weight is 467 g/mol. The van der Waals surface area contributed by atoms with Gasteiger partial charge >= 0.3 is 6.09 Å². The van der Waals surface area contributed by atoms with Crippen LogP contribution in [0.5, 0.6) is 5.75 Å². The number of benzene rings is 2. The lowest BCUT2D eigenvalue weighted by Gasteiger charge is -2.35. The summed E-state index contributed by atoms with van der Waals surface area (Å²) in [4.78, 5) is 28.7. The number of ether oxygens (including phenoxy) is 2. The number of carbonyl (C=O) groups is 2. The Morgan fingerprint density at radius 1 is 1.06 bits per heavy atom. The van der Waals surface area contributed by atoms with Crippen molar-refractivity contribution in [1.29, 1.82) is 0 Å². The number of thioether (sulfide) groups is 1. The molecule has 33 heavy (non-hydrogen) atoms. The smallest absolute Gasteiger partial charge is 0.410 e. The summed E-state index contributed by atoms with van der Waals surface area (Å²) in [5, 5.41) is 2.05. The van der Waals surface area contributed by atoms with E-state index in [-0.39, 0.29) is 24.1 Å². The number of hydrogen-bond donors (Lipinski definition) is 0. The van der Waals surface area contributed by atoms with Crippen molar-refractivity contribution in [3.05, 3.63) is 71.6 Å². The second-order valence-corrected chi connectivity index (χ2v) is 9.24. The van der Waals surface area contributed by atoms with Crippen molar-refractivity contribution in [2.75, 3.05) is 32.0 Å². The normalized spacial score (nSPS) is 19.2. The van der Waals surface area contributed by atoms with Crippen molar-refractivity contribution in [1.82, 2.24) is 9.80 Å². The number of rotatable bonds is 9. The van der Waals surface area contributed by atoms with E-state index in [4.69, 9.17) is 9.47 Å². The molecular weight excluding hydrogens is 436 g/mol. The van der Waals surface area contributed by atoms with E-state index in [0.717, 1.165) is 29.9 Å². The summed E-state index contributed by atoms with van der Waals surface area (Å²) >= 11 is 1.66. The quantitative estimate of drug-likeness (QED) is 0.503. The molecule has 6 nitrogen and oxygen atoms in total. The zero-order valence-electron chi connectivity index (χ0n) is 18.7. The minimum atomic E-state index is -0.275. The molecule has 4 rings (SSSR count). The molecule has 0 aromatic heterocycles. The number of cyclic esters (lactones) is 1. The van der Waals surface area contributed by atoms with Crippen molar-refractivity contribution in [2.45, 2.75) is 31.4 Å². The summed E-state index contributed by atoms with van der Waals surface area (Å²) in [6.07, 6.45) is 3.62. The molecule has 0 bridgehead atoms. The van der Waals surface area contributed by atoms with Crippen molar-refractivity contribution < 1.29 is 19.1 Å². The summed E-state index contributed by atoms with van der Waals surface area (Å²) in [5.74, 6) is 1.73. The first kappa shape index (κ1) is 23.2. The maximum atomic E-state index is 12.6. The fourth-order valence-electron chi connectivity index (χ4n) is 4.12. The molecule has 2 fully saturated rings. The monoisotopic (exact) mass is 466 g/mol. The number of hydrogen-bond acceptors (Lipinski definition) is 5. The molecule has 0 radical (unpaired) electrons. The summed E-state index contributed by atoms with van der Waals surface area (Å²) in [6, 6.07) is 19.8. The summed E-state index contributed by atoms with van der Waals surface area (Å²) in [5.41, 5.74) is 1.16. The molecule has 0 aliphatic carbocycles. The Bertz CT molecular complexity index is 930. The number of para-hydroxylation sites is 1. The summed E-state index contributed by atoms with van der Waals surface area (Å²) in [6.45, 7) is 2.25. The first-order valence-electron chi connectivity index (χ1n) is 11.4. The van der Waals surface area contributed by atoms with E-state index in [1.165, 1.54) is 0 Å². The van der Waals surface area contributed by atoms with Gasteiger partial charge in [-0.05, 0) is 42.0 Å². The summed E-state index contributed by atoms with van der Waals surface area (Å²) in [7, 11) is 0. The highest BCUT2D eigenvalue weighted by molar-refractivity contribution is 8.02. The molecule has 2 aliphatic heterocycles. The van der Waals surface area contributed by atoms with Gasteiger partial charge in [-0.2, -0.15) is 0 Å². The Morgan fingerprint density at radius 2 is 1.76 bits per heavy atom. The molecule has 2 aliphatic rings.